The van der Waals surface area contributed by atoms with Crippen LogP contribution in [0.1, 0.15) is 36.4 Å². The van der Waals surface area contributed by atoms with Gasteiger partial charge in [0.25, 0.3) is 0 Å². The van der Waals surface area contributed by atoms with Crippen molar-refractivity contribution in [2.45, 2.75) is 50.3 Å². The smallest absolute Gasteiger partial charge is 0.150 e. The van der Waals surface area contributed by atoms with Crippen LogP contribution in [0.5, 0.6) is 0 Å². The number of nitrogens with one attached hydrogen (secondary N) is 1. The first-order valence-corrected chi connectivity index (χ1v) is 9.79. The average molecular weight is 317 g/mol. The highest BCUT2D eigenvalue weighted by Crippen LogP contribution is 2.31. The molecule has 2 rings (SSSR count). The number of aryl methyl sites for hydroxylation is 1. The van der Waals surface area contributed by atoms with Gasteiger partial charge in [0.1, 0.15) is 9.84 Å². The van der Waals surface area contributed by atoms with E-state index in [1.54, 1.807) is 11.3 Å². The normalized spacial score (nSPS) is 25.6. The van der Waals surface area contributed by atoms with Gasteiger partial charge in [0.15, 0.2) is 0 Å². The molecule has 3 N–H and O–H groups in total. The van der Waals surface area contributed by atoms with Crippen molar-refractivity contribution in [1.29, 1.82) is 0 Å². The Morgan fingerprint density at radius 3 is 2.85 bits per heavy atom. The molecule has 0 spiro atoms. The van der Waals surface area contributed by atoms with Crippen LogP contribution in [0.4, 0.5) is 0 Å². The van der Waals surface area contributed by atoms with Crippen LogP contribution in [0.2, 0.25) is 0 Å². The monoisotopic (exact) mass is 317 g/mol. The van der Waals surface area contributed by atoms with E-state index in [-0.39, 0.29) is 11.3 Å². The van der Waals surface area contributed by atoms with Gasteiger partial charge < -0.3 is 0 Å². The molecule has 0 aliphatic heterocycles. The van der Waals surface area contributed by atoms with Gasteiger partial charge in [0.05, 0.1) is 10.3 Å². The number of nitrogens with zero attached hydrogens (tertiary/aromatic N) is 1. The molecular formula is C13H23N3O2S2. The molecule has 0 amide bonds. The summed E-state index contributed by atoms with van der Waals surface area (Å²) in [6, 6.07) is 0.102. The molecule has 0 bridgehead atoms. The third kappa shape index (κ3) is 4.00. The van der Waals surface area contributed by atoms with Crippen molar-refractivity contribution in [1.82, 2.24) is 10.4 Å². The summed E-state index contributed by atoms with van der Waals surface area (Å²) in [5.41, 5.74) is 3.90. The topological polar surface area (TPSA) is 85.1 Å². The fourth-order valence-corrected chi connectivity index (χ4v) is 5.01. The van der Waals surface area contributed by atoms with Crippen LogP contribution in [-0.4, -0.2) is 30.9 Å². The van der Waals surface area contributed by atoms with E-state index in [1.807, 2.05) is 12.3 Å². The molecule has 3 atom stereocenters. The van der Waals surface area contributed by atoms with Gasteiger partial charge in [-0.05, 0) is 32.1 Å². The zero-order valence-corrected chi connectivity index (χ0v) is 13.6. The molecule has 0 aromatic carbocycles. The van der Waals surface area contributed by atoms with Crippen molar-refractivity contribution < 1.29 is 8.42 Å². The van der Waals surface area contributed by atoms with E-state index < -0.39 is 9.84 Å². The molecule has 114 valence electrons. The van der Waals surface area contributed by atoms with Crippen molar-refractivity contribution in [2.75, 3.05) is 6.26 Å². The highest BCUT2D eigenvalue weighted by atomic mass is 32.2. The van der Waals surface area contributed by atoms with Gasteiger partial charge in [-0.3, -0.25) is 11.3 Å². The lowest BCUT2D eigenvalue weighted by Crippen LogP contribution is -2.45. The largest absolute Gasteiger partial charge is 0.271 e. The van der Waals surface area contributed by atoms with Gasteiger partial charge in [-0.1, -0.05) is 6.42 Å². The predicted octanol–water partition coefficient (Wildman–Crippen LogP) is 1.43. The summed E-state index contributed by atoms with van der Waals surface area (Å²) in [5.74, 6) is 5.99. The maximum absolute atomic E-state index is 11.7. The molecule has 5 nitrogen and oxygen atoms in total. The molecule has 1 aliphatic rings. The van der Waals surface area contributed by atoms with Crippen molar-refractivity contribution >= 4 is 21.2 Å². The standard InChI is InChI=1S/C13H23N3O2S2/c1-9-8-19-13(15-9)7-12(16-14)10-4-3-5-11(6-10)20(2,17)18/h8,10-12,16H,3-7,14H2,1-2H3. The Morgan fingerprint density at radius 1 is 1.55 bits per heavy atom. The van der Waals surface area contributed by atoms with Crippen molar-refractivity contribution in [3.05, 3.63) is 16.1 Å². The lowest BCUT2D eigenvalue weighted by Gasteiger charge is -2.33. The van der Waals surface area contributed by atoms with E-state index in [9.17, 15) is 8.42 Å². The zero-order chi connectivity index (χ0) is 14.8. The second kappa shape index (κ2) is 6.51. The lowest BCUT2D eigenvalue weighted by molar-refractivity contribution is 0.269. The van der Waals surface area contributed by atoms with Crippen LogP contribution >= 0.6 is 11.3 Å². The number of rotatable bonds is 5. The van der Waals surface area contributed by atoms with Crippen molar-refractivity contribution in [3.8, 4) is 0 Å². The van der Waals surface area contributed by atoms with Gasteiger partial charge in [0.2, 0.25) is 0 Å². The molecule has 1 heterocycles. The quantitative estimate of drug-likeness (QED) is 0.634. The van der Waals surface area contributed by atoms with Crippen molar-refractivity contribution in [3.63, 3.8) is 0 Å². The average Bonchev–Trinajstić information content (AvgIpc) is 2.81. The third-order valence-electron chi connectivity index (χ3n) is 4.12. The van der Waals surface area contributed by atoms with Gasteiger partial charge in [-0.25, -0.2) is 13.4 Å². The second-order valence-corrected chi connectivity index (χ2v) is 9.01. The summed E-state index contributed by atoms with van der Waals surface area (Å²) in [6.45, 7) is 1.98. The molecule has 1 aliphatic carbocycles. The number of aromatic nitrogens is 1. The van der Waals surface area contributed by atoms with E-state index in [0.717, 1.165) is 36.4 Å². The minimum atomic E-state index is -2.95. The molecule has 1 saturated carbocycles. The number of hydrogen-bond donors (Lipinski definition) is 2. The molecule has 1 fully saturated rings. The molecular weight excluding hydrogens is 294 g/mol. The minimum Gasteiger partial charge on any atom is -0.271 e. The van der Waals surface area contributed by atoms with E-state index >= 15 is 0 Å². The molecule has 20 heavy (non-hydrogen) atoms. The molecule has 3 unspecified atom stereocenters. The highest BCUT2D eigenvalue weighted by Gasteiger charge is 2.33. The Labute approximate surface area is 124 Å². The first-order valence-electron chi connectivity index (χ1n) is 6.96. The van der Waals surface area contributed by atoms with Crippen LogP contribution < -0.4 is 11.3 Å². The fourth-order valence-electron chi connectivity index (χ4n) is 2.98. The molecule has 1 aromatic rings. The third-order valence-corrected chi connectivity index (χ3v) is 6.74. The Balaban J connectivity index is 2.03. The Kier molecular flexibility index (Phi) is 5.17. The van der Waals surface area contributed by atoms with Gasteiger partial charge in [-0.15, -0.1) is 11.3 Å². The number of sulfone groups is 1. The van der Waals surface area contributed by atoms with E-state index in [0.29, 0.717) is 12.3 Å². The zero-order valence-electron chi connectivity index (χ0n) is 12.0. The maximum atomic E-state index is 11.7. The minimum absolute atomic E-state index is 0.102. The van der Waals surface area contributed by atoms with Crippen LogP contribution in [0.3, 0.4) is 0 Å². The lowest BCUT2D eigenvalue weighted by atomic mass is 9.82. The Hall–Kier alpha value is -0.500. The maximum Gasteiger partial charge on any atom is 0.150 e. The van der Waals surface area contributed by atoms with Gasteiger partial charge in [0, 0.05) is 29.8 Å². The molecule has 0 radical (unpaired) electrons. The van der Waals surface area contributed by atoms with E-state index in [2.05, 4.69) is 10.4 Å². The van der Waals surface area contributed by atoms with Crippen LogP contribution in [0.25, 0.3) is 0 Å². The first kappa shape index (κ1) is 15.9. The first-order chi connectivity index (χ1) is 9.40. The number of nitrogens with two attached hydrogens (primary N) is 1. The van der Waals surface area contributed by atoms with Crippen LogP contribution in [0.15, 0.2) is 5.38 Å². The fraction of sp³-hybridized carbons (Fsp3) is 0.769. The highest BCUT2D eigenvalue weighted by molar-refractivity contribution is 7.91. The van der Waals surface area contributed by atoms with Gasteiger partial charge in [-0.2, -0.15) is 0 Å². The van der Waals surface area contributed by atoms with E-state index in [1.165, 1.54) is 6.26 Å². The van der Waals surface area contributed by atoms with E-state index in [4.69, 9.17) is 5.84 Å². The summed E-state index contributed by atoms with van der Waals surface area (Å²) in [6.07, 6.45) is 5.59. The second-order valence-electron chi connectivity index (χ2n) is 5.74. The summed E-state index contributed by atoms with van der Waals surface area (Å²) in [4.78, 5) is 4.47. The Bertz CT molecular complexity index is 542. The van der Waals surface area contributed by atoms with Crippen LogP contribution in [0, 0.1) is 12.8 Å². The molecule has 7 heteroatoms. The Morgan fingerprint density at radius 2 is 2.30 bits per heavy atom. The number of hydrogen-bond acceptors (Lipinski definition) is 6. The van der Waals surface area contributed by atoms with Crippen LogP contribution in [-0.2, 0) is 16.3 Å². The summed E-state index contributed by atoms with van der Waals surface area (Å²) >= 11 is 1.64. The SMILES string of the molecule is Cc1csc(CC(NN)C2CCCC(S(C)(=O)=O)C2)n1. The molecule has 0 saturated heterocycles. The summed E-state index contributed by atoms with van der Waals surface area (Å²) < 4.78 is 23.5. The predicted molar refractivity (Wildman–Crippen MR) is 82.3 cm³/mol. The number of hydrazine groups is 1. The summed E-state index contributed by atoms with van der Waals surface area (Å²) in [5, 5.41) is 2.88. The van der Waals surface area contributed by atoms with Crippen molar-refractivity contribution in [2.24, 2.45) is 11.8 Å². The van der Waals surface area contributed by atoms with Gasteiger partial charge >= 0.3 is 0 Å². The summed E-state index contributed by atoms with van der Waals surface area (Å²) in [7, 11) is -2.95. The number of thiazole rings is 1. The molecule has 1 aromatic heterocycles.